The summed E-state index contributed by atoms with van der Waals surface area (Å²) in [6, 6.07) is 4.92. The van der Waals surface area contributed by atoms with Gasteiger partial charge in [-0.05, 0) is 18.6 Å². The van der Waals surface area contributed by atoms with E-state index in [9.17, 15) is 13.6 Å². The Morgan fingerprint density at radius 1 is 1.29 bits per heavy atom. The van der Waals surface area contributed by atoms with Gasteiger partial charge in [0.1, 0.15) is 11.6 Å². The minimum absolute atomic E-state index is 0.0646. The zero-order valence-electron chi connectivity index (χ0n) is 11.7. The number of unbranched alkanes of at least 4 members (excludes halogenated alkanes) is 1. The Hall–Kier alpha value is -2.24. The molecule has 2 rings (SSSR count). The van der Waals surface area contributed by atoms with E-state index in [0.29, 0.717) is 18.2 Å². The first-order chi connectivity index (χ1) is 10.1. The van der Waals surface area contributed by atoms with Gasteiger partial charge in [0.15, 0.2) is 0 Å². The van der Waals surface area contributed by atoms with Crippen LogP contribution in [0.1, 0.15) is 31.0 Å². The normalized spacial score (nSPS) is 10.6. The van der Waals surface area contributed by atoms with E-state index in [4.69, 9.17) is 0 Å². The lowest BCUT2D eigenvalue weighted by atomic mass is 10.1. The molecule has 2 N–H and O–H groups in total. The molecule has 0 bridgehead atoms. The number of hydrogen-bond acceptors (Lipinski definition) is 3. The summed E-state index contributed by atoms with van der Waals surface area (Å²) >= 11 is 0. The summed E-state index contributed by atoms with van der Waals surface area (Å²) in [6.45, 7) is 2.73. The quantitative estimate of drug-likeness (QED) is 0.805. The molecule has 0 saturated carbocycles. The van der Waals surface area contributed by atoms with Crippen LogP contribution in [0.2, 0.25) is 0 Å². The van der Waals surface area contributed by atoms with Crippen LogP contribution in [-0.4, -0.2) is 16.5 Å². The van der Waals surface area contributed by atoms with Crippen molar-refractivity contribution in [2.24, 2.45) is 0 Å². The summed E-state index contributed by atoms with van der Waals surface area (Å²) in [7, 11) is 0. The van der Waals surface area contributed by atoms with E-state index < -0.39 is 11.6 Å². The van der Waals surface area contributed by atoms with Gasteiger partial charge in [0.05, 0.1) is 5.69 Å². The van der Waals surface area contributed by atoms with E-state index in [1.807, 2.05) is 0 Å². The fourth-order valence-electron chi connectivity index (χ4n) is 1.95. The van der Waals surface area contributed by atoms with Crippen LogP contribution in [-0.2, 0) is 6.42 Å². The molecular weight excluding hydrogens is 276 g/mol. The van der Waals surface area contributed by atoms with Gasteiger partial charge >= 0.3 is 0 Å². The Morgan fingerprint density at radius 3 is 2.67 bits per heavy atom. The fourth-order valence-corrected chi connectivity index (χ4v) is 1.95. The number of benzene rings is 1. The average molecular weight is 293 g/mol. The van der Waals surface area contributed by atoms with Crippen molar-refractivity contribution in [1.29, 1.82) is 0 Å². The van der Waals surface area contributed by atoms with Crippen molar-refractivity contribution in [3.05, 3.63) is 57.5 Å². The molecule has 6 heteroatoms. The maximum Gasteiger partial charge on any atom is 0.252 e. The van der Waals surface area contributed by atoms with Gasteiger partial charge in [0.2, 0.25) is 5.95 Å². The molecule has 0 fully saturated rings. The number of anilines is 1. The van der Waals surface area contributed by atoms with Crippen LogP contribution >= 0.6 is 0 Å². The summed E-state index contributed by atoms with van der Waals surface area (Å²) in [5, 5.41) is 2.99. The Morgan fingerprint density at radius 2 is 2.00 bits per heavy atom. The summed E-state index contributed by atoms with van der Waals surface area (Å²) in [5.74, 6) is -0.960. The highest BCUT2D eigenvalue weighted by molar-refractivity contribution is 5.29. The van der Waals surface area contributed by atoms with Gasteiger partial charge < -0.3 is 5.32 Å². The first-order valence-electron chi connectivity index (χ1n) is 6.87. The number of nitrogens with one attached hydrogen (secondary N) is 2. The zero-order valence-corrected chi connectivity index (χ0v) is 11.7. The summed E-state index contributed by atoms with van der Waals surface area (Å²) < 4.78 is 27.2. The molecule has 0 atom stereocenters. The van der Waals surface area contributed by atoms with Crippen LogP contribution in [0.5, 0.6) is 0 Å². The van der Waals surface area contributed by atoms with Crippen molar-refractivity contribution in [2.75, 3.05) is 11.9 Å². The van der Waals surface area contributed by atoms with E-state index >= 15 is 0 Å². The van der Waals surface area contributed by atoms with Crippen molar-refractivity contribution < 1.29 is 8.78 Å². The number of aromatic amines is 1. The zero-order chi connectivity index (χ0) is 15.2. The molecule has 0 aliphatic heterocycles. The largest absolute Gasteiger partial charge is 0.356 e. The van der Waals surface area contributed by atoms with E-state index in [-0.39, 0.29) is 17.5 Å². The lowest BCUT2D eigenvalue weighted by molar-refractivity contribution is 0.560. The van der Waals surface area contributed by atoms with Gasteiger partial charge in [-0.2, -0.15) is 0 Å². The van der Waals surface area contributed by atoms with Crippen molar-refractivity contribution in [1.82, 2.24) is 9.97 Å². The third-order valence-corrected chi connectivity index (χ3v) is 3.04. The molecule has 0 aliphatic carbocycles. The highest BCUT2D eigenvalue weighted by Gasteiger charge is 2.11. The monoisotopic (exact) mass is 293 g/mol. The highest BCUT2D eigenvalue weighted by Crippen LogP contribution is 2.15. The van der Waals surface area contributed by atoms with Crippen LogP contribution in [0.15, 0.2) is 29.1 Å². The maximum atomic E-state index is 13.6. The summed E-state index contributed by atoms with van der Waals surface area (Å²) in [5.41, 5.74) is -0.118. The van der Waals surface area contributed by atoms with E-state index in [1.165, 1.54) is 24.3 Å². The lowest BCUT2D eigenvalue weighted by Crippen LogP contribution is -2.15. The molecule has 0 spiro atoms. The molecule has 0 saturated heterocycles. The number of aromatic nitrogens is 2. The second kappa shape index (κ2) is 6.97. The smallest absolute Gasteiger partial charge is 0.252 e. The molecule has 4 nitrogen and oxygen atoms in total. The van der Waals surface area contributed by atoms with Crippen LogP contribution < -0.4 is 10.9 Å². The number of hydrogen-bond donors (Lipinski definition) is 2. The second-order valence-corrected chi connectivity index (χ2v) is 4.74. The minimum atomic E-state index is -0.641. The van der Waals surface area contributed by atoms with E-state index in [1.54, 1.807) is 0 Å². The maximum absolute atomic E-state index is 13.6. The predicted octanol–water partition coefficient (Wildman–Crippen LogP) is 2.85. The van der Waals surface area contributed by atoms with Crippen molar-refractivity contribution in [3.63, 3.8) is 0 Å². The van der Waals surface area contributed by atoms with E-state index in [2.05, 4.69) is 22.2 Å². The van der Waals surface area contributed by atoms with Crippen molar-refractivity contribution in [3.8, 4) is 0 Å². The van der Waals surface area contributed by atoms with Gasteiger partial charge in [-0.25, -0.2) is 13.8 Å². The number of rotatable bonds is 6. The van der Waals surface area contributed by atoms with Gasteiger partial charge in [0, 0.05) is 24.6 Å². The molecule has 1 aromatic heterocycles. The topological polar surface area (TPSA) is 57.8 Å². The molecule has 0 unspecified atom stereocenters. The van der Waals surface area contributed by atoms with Crippen LogP contribution in [0.3, 0.4) is 0 Å². The summed E-state index contributed by atoms with van der Waals surface area (Å²) in [4.78, 5) is 18.3. The van der Waals surface area contributed by atoms with Gasteiger partial charge in [-0.1, -0.05) is 19.4 Å². The van der Waals surface area contributed by atoms with Crippen molar-refractivity contribution in [2.45, 2.75) is 26.2 Å². The number of H-pyrrole nitrogens is 1. The average Bonchev–Trinajstić information content (AvgIpc) is 2.43. The van der Waals surface area contributed by atoms with Crippen LogP contribution in [0.4, 0.5) is 14.7 Å². The standard InChI is InChI=1S/C15H17F2N3O/c1-2-3-7-18-15-19-10(9-14(21)20-15)8-11-12(16)5-4-6-13(11)17/h4-6,9H,2-3,7-8H2,1H3,(H2,18,19,20,21). The third-order valence-electron chi connectivity index (χ3n) is 3.04. The Balaban J connectivity index is 2.22. The molecule has 0 aliphatic rings. The van der Waals surface area contributed by atoms with Crippen LogP contribution in [0.25, 0.3) is 0 Å². The lowest BCUT2D eigenvalue weighted by Gasteiger charge is -2.07. The third kappa shape index (κ3) is 4.11. The first kappa shape index (κ1) is 15.2. The second-order valence-electron chi connectivity index (χ2n) is 4.74. The fraction of sp³-hybridized carbons (Fsp3) is 0.333. The Bertz CT molecular complexity index is 650. The predicted molar refractivity (Wildman–Crippen MR) is 77.4 cm³/mol. The Labute approximate surface area is 121 Å². The molecule has 0 amide bonds. The van der Waals surface area contributed by atoms with E-state index in [0.717, 1.165) is 12.8 Å². The van der Waals surface area contributed by atoms with Gasteiger partial charge in [-0.3, -0.25) is 9.78 Å². The first-order valence-corrected chi connectivity index (χ1v) is 6.87. The molecule has 21 heavy (non-hydrogen) atoms. The molecular formula is C15H17F2N3O. The van der Waals surface area contributed by atoms with Gasteiger partial charge in [0.25, 0.3) is 5.56 Å². The molecule has 112 valence electrons. The SMILES string of the molecule is CCCCNc1nc(Cc2c(F)cccc2F)cc(=O)[nH]1. The summed E-state index contributed by atoms with van der Waals surface area (Å²) in [6.07, 6.45) is 1.89. The van der Waals surface area contributed by atoms with Crippen LogP contribution in [0, 0.1) is 11.6 Å². The number of halogens is 2. The molecule has 2 aromatic rings. The number of nitrogens with zero attached hydrogens (tertiary/aromatic N) is 1. The van der Waals surface area contributed by atoms with Gasteiger partial charge in [-0.15, -0.1) is 0 Å². The minimum Gasteiger partial charge on any atom is -0.356 e. The molecule has 0 radical (unpaired) electrons. The Kier molecular flexibility index (Phi) is 5.03. The molecule has 1 aromatic carbocycles. The molecule has 1 heterocycles. The highest BCUT2D eigenvalue weighted by atomic mass is 19.1. The van der Waals surface area contributed by atoms with Crippen molar-refractivity contribution >= 4 is 5.95 Å².